The van der Waals surface area contributed by atoms with Crippen molar-refractivity contribution in [2.45, 2.75) is 25.8 Å². The highest BCUT2D eigenvalue weighted by atomic mass is 16.5. The predicted octanol–water partition coefficient (Wildman–Crippen LogP) is 1.54. The lowest BCUT2D eigenvalue weighted by Gasteiger charge is -2.40. The van der Waals surface area contributed by atoms with Crippen molar-refractivity contribution in [1.82, 2.24) is 14.8 Å². The van der Waals surface area contributed by atoms with Gasteiger partial charge in [0, 0.05) is 44.9 Å². The number of piperidine rings is 1. The lowest BCUT2D eigenvalue weighted by molar-refractivity contribution is -0.134. The minimum absolute atomic E-state index is 0.126. The van der Waals surface area contributed by atoms with E-state index in [2.05, 4.69) is 16.0 Å². The highest BCUT2D eigenvalue weighted by Gasteiger charge is 2.42. The number of likely N-dealkylation sites (tertiary alicyclic amines) is 2. The number of methoxy groups -OCH3 is 1. The molecule has 0 radical (unpaired) electrons. The molecule has 0 N–H and O–H groups in total. The first-order valence-corrected chi connectivity index (χ1v) is 8.10. The number of amides is 1. The van der Waals surface area contributed by atoms with Gasteiger partial charge in [0.1, 0.15) is 6.61 Å². The SMILES string of the molecule is COCC(=O)N1CC[C@@]2(CCCN(Cc3ccccn3)C2)C1. The van der Waals surface area contributed by atoms with Gasteiger partial charge in [-0.05, 0) is 37.9 Å². The molecule has 22 heavy (non-hydrogen) atoms. The third-order valence-electron chi connectivity index (χ3n) is 4.91. The maximum Gasteiger partial charge on any atom is 0.248 e. The fraction of sp³-hybridized carbons (Fsp3) is 0.647. The zero-order chi connectivity index (χ0) is 15.4. The van der Waals surface area contributed by atoms with Crippen molar-refractivity contribution in [3.63, 3.8) is 0 Å². The first-order chi connectivity index (χ1) is 10.7. The Morgan fingerprint density at radius 1 is 1.32 bits per heavy atom. The summed E-state index contributed by atoms with van der Waals surface area (Å²) in [4.78, 5) is 20.9. The third kappa shape index (κ3) is 3.47. The van der Waals surface area contributed by atoms with Crippen molar-refractivity contribution in [2.75, 3.05) is 39.9 Å². The molecular formula is C17H25N3O2. The molecule has 2 fully saturated rings. The van der Waals surface area contributed by atoms with Gasteiger partial charge in [0.15, 0.2) is 0 Å². The number of hydrogen-bond donors (Lipinski definition) is 0. The van der Waals surface area contributed by atoms with Crippen molar-refractivity contribution >= 4 is 5.91 Å². The van der Waals surface area contributed by atoms with E-state index in [1.54, 1.807) is 7.11 Å². The highest BCUT2D eigenvalue weighted by Crippen LogP contribution is 2.39. The second kappa shape index (κ2) is 6.75. The first kappa shape index (κ1) is 15.4. The van der Waals surface area contributed by atoms with Gasteiger partial charge in [-0.2, -0.15) is 0 Å². The molecule has 3 rings (SSSR count). The van der Waals surface area contributed by atoms with Gasteiger partial charge in [0.05, 0.1) is 5.69 Å². The molecule has 0 aromatic carbocycles. The molecule has 1 atom stereocenters. The minimum atomic E-state index is 0.126. The molecule has 1 spiro atoms. The molecular weight excluding hydrogens is 278 g/mol. The summed E-state index contributed by atoms with van der Waals surface area (Å²) in [5, 5.41) is 0. The molecule has 1 aromatic rings. The average Bonchev–Trinajstić information content (AvgIpc) is 2.92. The van der Waals surface area contributed by atoms with Crippen molar-refractivity contribution in [1.29, 1.82) is 0 Å². The predicted molar refractivity (Wildman–Crippen MR) is 84.3 cm³/mol. The average molecular weight is 303 g/mol. The van der Waals surface area contributed by atoms with E-state index < -0.39 is 0 Å². The summed E-state index contributed by atoms with van der Waals surface area (Å²) < 4.78 is 4.98. The molecule has 5 nitrogen and oxygen atoms in total. The highest BCUT2D eigenvalue weighted by molar-refractivity contribution is 5.77. The van der Waals surface area contributed by atoms with Gasteiger partial charge < -0.3 is 9.64 Å². The Kier molecular flexibility index (Phi) is 4.74. The molecule has 0 aliphatic carbocycles. The summed E-state index contributed by atoms with van der Waals surface area (Å²) in [5.41, 5.74) is 1.40. The maximum atomic E-state index is 12.0. The van der Waals surface area contributed by atoms with E-state index in [0.717, 1.165) is 44.8 Å². The van der Waals surface area contributed by atoms with Crippen LogP contribution in [0.5, 0.6) is 0 Å². The largest absolute Gasteiger partial charge is 0.375 e. The second-order valence-electron chi connectivity index (χ2n) is 6.63. The van der Waals surface area contributed by atoms with Crippen LogP contribution < -0.4 is 0 Å². The van der Waals surface area contributed by atoms with Gasteiger partial charge in [-0.3, -0.25) is 14.7 Å². The second-order valence-corrected chi connectivity index (χ2v) is 6.63. The molecule has 0 bridgehead atoms. The van der Waals surface area contributed by atoms with Crippen LogP contribution >= 0.6 is 0 Å². The maximum absolute atomic E-state index is 12.0. The fourth-order valence-corrected chi connectivity index (χ4v) is 3.86. The monoisotopic (exact) mass is 303 g/mol. The number of ether oxygens (including phenoxy) is 1. The van der Waals surface area contributed by atoms with Crippen LogP contribution in [0.1, 0.15) is 25.0 Å². The van der Waals surface area contributed by atoms with E-state index in [-0.39, 0.29) is 17.9 Å². The molecule has 5 heteroatoms. The van der Waals surface area contributed by atoms with E-state index in [1.165, 1.54) is 12.8 Å². The van der Waals surface area contributed by atoms with Crippen LogP contribution in [0.2, 0.25) is 0 Å². The molecule has 2 aliphatic rings. The third-order valence-corrected chi connectivity index (χ3v) is 4.91. The Hall–Kier alpha value is -1.46. The number of carbonyl (C=O) groups excluding carboxylic acids is 1. The van der Waals surface area contributed by atoms with E-state index in [9.17, 15) is 4.79 Å². The van der Waals surface area contributed by atoms with E-state index >= 15 is 0 Å². The summed E-state index contributed by atoms with van der Waals surface area (Å²) >= 11 is 0. The fourth-order valence-electron chi connectivity index (χ4n) is 3.86. The van der Waals surface area contributed by atoms with Gasteiger partial charge >= 0.3 is 0 Å². The van der Waals surface area contributed by atoms with Crippen LogP contribution in [-0.4, -0.2) is 60.6 Å². The molecule has 120 valence electrons. The molecule has 2 saturated heterocycles. The number of hydrogen-bond acceptors (Lipinski definition) is 4. The normalized spacial score (nSPS) is 25.8. The van der Waals surface area contributed by atoms with Crippen LogP contribution in [0.3, 0.4) is 0 Å². The zero-order valence-electron chi connectivity index (χ0n) is 13.3. The first-order valence-electron chi connectivity index (χ1n) is 8.10. The van der Waals surface area contributed by atoms with Crippen molar-refractivity contribution in [2.24, 2.45) is 5.41 Å². The topological polar surface area (TPSA) is 45.7 Å². The molecule has 0 unspecified atom stereocenters. The van der Waals surface area contributed by atoms with E-state index in [4.69, 9.17) is 4.74 Å². The van der Waals surface area contributed by atoms with Gasteiger partial charge in [-0.15, -0.1) is 0 Å². The van der Waals surface area contributed by atoms with Gasteiger partial charge in [0.2, 0.25) is 5.91 Å². The van der Waals surface area contributed by atoms with Crippen LogP contribution in [-0.2, 0) is 16.1 Å². The molecule has 0 saturated carbocycles. The quantitative estimate of drug-likeness (QED) is 0.846. The smallest absolute Gasteiger partial charge is 0.248 e. The Morgan fingerprint density at radius 2 is 2.23 bits per heavy atom. The van der Waals surface area contributed by atoms with Gasteiger partial charge in [-0.25, -0.2) is 0 Å². The number of aromatic nitrogens is 1. The van der Waals surface area contributed by atoms with Crippen LogP contribution in [0.25, 0.3) is 0 Å². The number of pyridine rings is 1. The number of rotatable bonds is 4. The van der Waals surface area contributed by atoms with E-state index in [1.807, 2.05) is 23.2 Å². The summed E-state index contributed by atoms with van der Waals surface area (Å²) in [6.45, 7) is 5.07. The summed E-state index contributed by atoms with van der Waals surface area (Å²) in [6, 6.07) is 6.09. The lowest BCUT2D eigenvalue weighted by Crippen LogP contribution is -2.45. The Balaban J connectivity index is 1.60. The van der Waals surface area contributed by atoms with Crippen molar-refractivity contribution in [3.05, 3.63) is 30.1 Å². The molecule has 1 aromatic heterocycles. The van der Waals surface area contributed by atoms with Gasteiger partial charge in [0.25, 0.3) is 0 Å². The van der Waals surface area contributed by atoms with Crippen molar-refractivity contribution < 1.29 is 9.53 Å². The number of carbonyl (C=O) groups is 1. The Morgan fingerprint density at radius 3 is 3.00 bits per heavy atom. The van der Waals surface area contributed by atoms with Crippen LogP contribution in [0, 0.1) is 5.41 Å². The van der Waals surface area contributed by atoms with Crippen LogP contribution in [0.4, 0.5) is 0 Å². The lowest BCUT2D eigenvalue weighted by atomic mass is 9.79. The standard InChI is InChI=1S/C17H25N3O2/c1-22-12-16(21)20-10-7-17(14-20)6-4-9-19(13-17)11-15-5-2-3-8-18-15/h2-3,5,8H,4,6-7,9-14H2,1H3/t17-/m1/s1. The summed E-state index contributed by atoms with van der Waals surface area (Å²) in [5.74, 6) is 0.126. The van der Waals surface area contributed by atoms with Gasteiger partial charge in [-0.1, -0.05) is 6.07 Å². The minimum Gasteiger partial charge on any atom is -0.375 e. The van der Waals surface area contributed by atoms with Crippen molar-refractivity contribution in [3.8, 4) is 0 Å². The summed E-state index contributed by atoms with van der Waals surface area (Å²) in [6.07, 6.45) is 5.40. The molecule has 3 heterocycles. The van der Waals surface area contributed by atoms with E-state index in [0.29, 0.717) is 0 Å². The summed E-state index contributed by atoms with van der Waals surface area (Å²) in [7, 11) is 1.58. The Bertz CT molecular complexity index is 508. The van der Waals surface area contributed by atoms with Crippen LogP contribution in [0.15, 0.2) is 24.4 Å². The molecule has 1 amide bonds. The zero-order valence-corrected chi connectivity index (χ0v) is 13.3. The molecule has 2 aliphatic heterocycles. The number of nitrogens with zero attached hydrogens (tertiary/aromatic N) is 3. The Labute approximate surface area is 132 Å².